The second-order valence-electron chi connectivity index (χ2n) is 6.53. The standard InChI is InChI=1S/C15H17F3N4S/c16-15(17,18)6-11-5-10-7-20-13(21-12(10)23-11)22-4-2-14(9-22)1-3-19-8-14/h5,7,19H,1-4,6,8-9H2. The molecule has 2 aromatic rings. The van der Waals surface area contributed by atoms with Gasteiger partial charge in [0.25, 0.3) is 0 Å². The molecule has 4 nitrogen and oxygen atoms in total. The van der Waals surface area contributed by atoms with Crippen LogP contribution in [0.5, 0.6) is 0 Å². The Labute approximate surface area is 135 Å². The van der Waals surface area contributed by atoms with E-state index in [9.17, 15) is 13.2 Å². The van der Waals surface area contributed by atoms with E-state index >= 15 is 0 Å². The number of nitrogens with zero attached hydrogens (tertiary/aromatic N) is 3. The molecule has 124 valence electrons. The molecule has 8 heteroatoms. The molecule has 1 atom stereocenters. The maximum absolute atomic E-state index is 12.5. The van der Waals surface area contributed by atoms with Crippen molar-refractivity contribution in [3.05, 3.63) is 17.1 Å². The Kier molecular flexibility index (Phi) is 3.49. The summed E-state index contributed by atoms with van der Waals surface area (Å²) in [5.41, 5.74) is 0.315. The van der Waals surface area contributed by atoms with Gasteiger partial charge >= 0.3 is 6.18 Å². The Balaban J connectivity index is 1.57. The second kappa shape index (κ2) is 5.31. The van der Waals surface area contributed by atoms with Crippen LogP contribution < -0.4 is 10.2 Å². The van der Waals surface area contributed by atoms with Crippen molar-refractivity contribution in [2.45, 2.75) is 25.4 Å². The topological polar surface area (TPSA) is 41.1 Å². The Bertz CT molecular complexity index is 721. The van der Waals surface area contributed by atoms with Crippen LogP contribution in [0.25, 0.3) is 10.2 Å². The summed E-state index contributed by atoms with van der Waals surface area (Å²) in [6, 6.07) is 1.55. The van der Waals surface area contributed by atoms with E-state index in [1.54, 1.807) is 12.3 Å². The summed E-state index contributed by atoms with van der Waals surface area (Å²) in [6.45, 7) is 3.92. The van der Waals surface area contributed by atoms with Gasteiger partial charge in [0.05, 0.1) is 6.42 Å². The number of alkyl halides is 3. The molecule has 1 unspecified atom stereocenters. The van der Waals surface area contributed by atoms with E-state index in [0.717, 1.165) is 43.9 Å². The number of rotatable bonds is 2. The zero-order chi connectivity index (χ0) is 16.1. The molecule has 2 aliphatic rings. The van der Waals surface area contributed by atoms with Gasteiger partial charge in [-0.3, -0.25) is 0 Å². The number of thiophene rings is 1. The van der Waals surface area contributed by atoms with Crippen LogP contribution in [-0.2, 0) is 6.42 Å². The molecule has 0 radical (unpaired) electrons. The number of halogens is 3. The molecular weight excluding hydrogens is 325 g/mol. The number of fused-ring (bicyclic) bond motifs is 1. The van der Waals surface area contributed by atoms with Crippen LogP contribution in [0.3, 0.4) is 0 Å². The molecule has 4 heterocycles. The first-order valence-electron chi connectivity index (χ1n) is 7.70. The molecule has 1 spiro atoms. The summed E-state index contributed by atoms with van der Waals surface area (Å²) in [5.74, 6) is 0.640. The van der Waals surface area contributed by atoms with Crippen LogP contribution in [0.15, 0.2) is 12.3 Å². The molecule has 2 fully saturated rings. The molecule has 23 heavy (non-hydrogen) atoms. The molecule has 0 saturated carbocycles. The van der Waals surface area contributed by atoms with Gasteiger partial charge in [-0.25, -0.2) is 9.97 Å². The molecule has 1 N–H and O–H groups in total. The molecule has 0 amide bonds. The second-order valence-corrected chi connectivity index (χ2v) is 7.65. The van der Waals surface area contributed by atoms with Gasteiger partial charge in [-0.1, -0.05) is 0 Å². The predicted molar refractivity (Wildman–Crippen MR) is 83.9 cm³/mol. The predicted octanol–water partition coefficient (Wildman–Crippen LogP) is 2.99. The summed E-state index contributed by atoms with van der Waals surface area (Å²) in [7, 11) is 0. The molecule has 2 aliphatic heterocycles. The smallest absolute Gasteiger partial charge is 0.340 e. The summed E-state index contributed by atoms with van der Waals surface area (Å²) in [4.78, 5) is 12.0. The summed E-state index contributed by atoms with van der Waals surface area (Å²) >= 11 is 1.11. The number of nitrogens with one attached hydrogen (secondary N) is 1. The highest BCUT2D eigenvalue weighted by atomic mass is 32.1. The summed E-state index contributed by atoms with van der Waals surface area (Å²) < 4.78 is 37.6. The van der Waals surface area contributed by atoms with Crippen molar-refractivity contribution in [3.63, 3.8) is 0 Å². The van der Waals surface area contributed by atoms with E-state index in [4.69, 9.17) is 0 Å². The Morgan fingerprint density at radius 3 is 2.96 bits per heavy atom. The maximum atomic E-state index is 12.5. The fourth-order valence-corrected chi connectivity index (χ4v) is 4.59. The molecule has 2 aromatic heterocycles. The minimum atomic E-state index is -4.19. The lowest BCUT2D eigenvalue weighted by molar-refractivity contribution is -0.126. The van der Waals surface area contributed by atoms with Gasteiger partial charge in [0.15, 0.2) is 0 Å². The Morgan fingerprint density at radius 2 is 2.22 bits per heavy atom. The molecule has 0 aromatic carbocycles. The number of aromatic nitrogens is 2. The van der Waals surface area contributed by atoms with Gasteiger partial charge in [-0.15, -0.1) is 11.3 Å². The van der Waals surface area contributed by atoms with Gasteiger partial charge in [-0.2, -0.15) is 13.2 Å². The average molecular weight is 342 g/mol. The van der Waals surface area contributed by atoms with Gasteiger partial charge < -0.3 is 10.2 Å². The fourth-order valence-electron chi connectivity index (χ4n) is 3.56. The van der Waals surface area contributed by atoms with Gasteiger partial charge in [0.2, 0.25) is 5.95 Å². The lowest BCUT2D eigenvalue weighted by atomic mass is 9.87. The van der Waals surface area contributed by atoms with E-state index in [1.807, 2.05) is 0 Å². The maximum Gasteiger partial charge on any atom is 0.393 e. The quantitative estimate of drug-likeness (QED) is 0.911. The molecule has 2 saturated heterocycles. The van der Waals surface area contributed by atoms with Gasteiger partial charge in [0, 0.05) is 41.5 Å². The van der Waals surface area contributed by atoms with Crippen molar-refractivity contribution in [1.29, 1.82) is 0 Å². The first-order valence-corrected chi connectivity index (χ1v) is 8.52. The van der Waals surface area contributed by atoms with E-state index < -0.39 is 12.6 Å². The first-order chi connectivity index (χ1) is 10.9. The van der Waals surface area contributed by atoms with Crippen molar-refractivity contribution in [2.75, 3.05) is 31.1 Å². The van der Waals surface area contributed by atoms with E-state index in [1.165, 1.54) is 6.42 Å². The highest BCUT2D eigenvalue weighted by molar-refractivity contribution is 7.18. The molecule has 0 bridgehead atoms. The highest BCUT2D eigenvalue weighted by Gasteiger charge is 2.41. The third kappa shape index (κ3) is 3.01. The van der Waals surface area contributed by atoms with E-state index in [2.05, 4.69) is 20.2 Å². The largest absolute Gasteiger partial charge is 0.393 e. The minimum absolute atomic E-state index is 0.289. The normalized spacial score (nSPS) is 25.1. The average Bonchev–Trinajstić information content (AvgIpc) is 3.17. The third-order valence-electron chi connectivity index (χ3n) is 4.74. The van der Waals surface area contributed by atoms with E-state index in [-0.39, 0.29) is 4.88 Å². The SMILES string of the molecule is FC(F)(F)Cc1cc2cnc(N3CCC4(CCNC4)C3)nc2s1. The zero-order valence-electron chi connectivity index (χ0n) is 12.5. The van der Waals surface area contributed by atoms with Crippen molar-refractivity contribution < 1.29 is 13.2 Å². The number of hydrogen-bond acceptors (Lipinski definition) is 5. The van der Waals surface area contributed by atoms with Crippen molar-refractivity contribution in [2.24, 2.45) is 5.41 Å². The highest BCUT2D eigenvalue weighted by Crippen LogP contribution is 2.38. The van der Waals surface area contributed by atoms with Crippen LogP contribution in [0, 0.1) is 5.41 Å². The zero-order valence-corrected chi connectivity index (χ0v) is 13.3. The number of hydrogen-bond donors (Lipinski definition) is 1. The monoisotopic (exact) mass is 342 g/mol. The van der Waals surface area contributed by atoms with Crippen LogP contribution in [0.2, 0.25) is 0 Å². The van der Waals surface area contributed by atoms with Crippen LogP contribution in [0.1, 0.15) is 17.7 Å². The molecule has 4 rings (SSSR count). The van der Waals surface area contributed by atoms with Crippen LogP contribution in [0.4, 0.5) is 19.1 Å². The molecular formula is C15H17F3N4S. The lowest BCUT2D eigenvalue weighted by Crippen LogP contribution is -2.29. The Morgan fingerprint density at radius 1 is 1.35 bits per heavy atom. The number of anilines is 1. The van der Waals surface area contributed by atoms with E-state index in [0.29, 0.717) is 21.6 Å². The van der Waals surface area contributed by atoms with Gasteiger partial charge in [-0.05, 0) is 25.5 Å². The van der Waals surface area contributed by atoms with Crippen LogP contribution >= 0.6 is 11.3 Å². The third-order valence-corrected chi connectivity index (χ3v) is 5.78. The summed E-state index contributed by atoms with van der Waals surface area (Å²) in [6.07, 6.45) is -1.16. The lowest BCUT2D eigenvalue weighted by Gasteiger charge is -2.22. The molecule has 0 aliphatic carbocycles. The van der Waals surface area contributed by atoms with Gasteiger partial charge in [0.1, 0.15) is 4.83 Å². The van der Waals surface area contributed by atoms with Crippen molar-refractivity contribution in [1.82, 2.24) is 15.3 Å². The Hall–Kier alpha value is -1.41. The van der Waals surface area contributed by atoms with Crippen molar-refractivity contribution >= 4 is 27.5 Å². The van der Waals surface area contributed by atoms with Crippen LogP contribution in [-0.4, -0.2) is 42.3 Å². The minimum Gasteiger partial charge on any atom is -0.340 e. The summed E-state index contributed by atoms with van der Waals surface area (Å²) in [5, 5.41) is 4.10. The fraction of sp³-hybridized carbons (Fsp3) is 0.600. The first kappa shape index (κ1) is 15.1. The van der Waals surface area contributed by atoms with Crippen molar-refractivity contribution in [3.8, 4) is 0 Å².